The van der Waals surface area contributed by atoms with E-state index in [4.69, 9.17) is 14.2 Å². The SMILES string of the molecule is CCCCC(C)(C)C(O)CO[C@@H]1[C@@H](NC)[C@H](OCc2ccccc2)C[C@@H]1OCc1ccccc1. The van der Waals surface area contributed by atoms with E-state index in [0.717, 1.165) is 36.8 Å². The molecule has 2 aromatic carbocycles. The minimum Gasteiger partial charge on any atom is -0.390 e. The molecule has 2 aromatic rings. The Morgan fingerprint density at radius 3 is 2.00 bits per heavy atom. The summed E-state index contributed by atoms with van der Waals surface area (Å²) in [5.41, 5.74) is 2.10. The zero-order chi connectivity index (χ0) is 24.4. The van der Waals surface area contributed by atoms with Gasteiger partial charge in [-0.2, -0.15) is 0 Å². The van der Waals surface area contributed by atoms with Gasteiger partial charge in [0.2, 0.25) is 0 Å². The lowest BCUT2D eigenvalue weighted by Crippen LogP contribution is -2.47. The molecule has 0 saturated heterocycles. The van der Waals surface area contributed by atoms with Crippen molar-refractivity contribution in [3.05, 3.63) is 71.8 Å². The van der Waals surface area contributed by atoms with Crippen molar-refractivity contribution in [3.8, 4) is 0 Å². The van der Waals surface area contributed by atoms with Gasteiger partial charge in [-0.25, -0.2) is 0 Å². The summed E-state index contributed by atoms with van der Waals surface area (Å²) >= 11 is 0. The van der Waals surface area contributed by atoms with E-state index in [9.17, 15) is 5.11 Å². The zero-order valence-electron chi connectivity index (χ0n) is 21.3. The van der Waals surface area contributed by atoms with Crippen molar-refractivity contribution in [1.29, 1.82) is 0 Å². The summed E-state index contributed by atoms with van der Waals surface area (Å²) in [6, 6.07) is 20.4. The van der Waals surface area contributed by atoms with Crippen molar-refractivity contribution in [3.63, 3.8) is 0 Å². The van der Waals surface area contributed by atoms with Crippen LogP contribution in [0.3, 0.4) is 0 Å². The first-order valence-electron chi connectivity index (χ1n) is 12.7. The van der Waals surface area contributed by atoms with Gasteiger partial charge < -0.3 is 24.6 Å². The van der Waals surface area contributed by atoms with Crippen molar-refractivity contribution in [2.24, 2.45) is 5.41 Å². The fourth-order valence-electron chi connectivity index (χ4n) is 4.63. The second kappa shape index (κ2) is 13.4. The largest absolute Gasteiger partial charge is 0.390 e. The van der Waals surface area contributed by atoms with E-state index < -0.39 is 6.10 Å². The third-order valence-corrected chi connectivity index (χ3v) is 7.06. The predicted octanol–water partition coefficient (Wildman–Crippen LogP) is 5.11. The molecule has 0 amide bonds. The molecule has 0 aromatic heterocycles. The minimum atomic E-state index is -0.532. The van der Waals surface area contributed by atoms with Crippen LogP contribution in [0, 0.1) is 5.41 Å². The molecule has 1 unspecified atom stereocenters. The number of rotatable bonds is 14. The summed E-state index contributed by atoms with van der Waals surface area (Å²) in [7, 11) is 1.95. The first-order chi connectivity index (χ1) is 16.4. The van der Waals surface area contributed by atoms with Crippen LogP contribution in [-0.2, 0) is 27.4 Å². The number of nitrogens with one attached hydrogen (secondary N) is 1. The van der Waals surface area contributed by atoms with E-state index in [0.29, 0.717) is 13.2 Å². The van der Waals surface area contributed by atoms with Crippen LogP contribution in [0.2, 0.25) is 0 Å². The number of unbranched alkanes of at least 4 members (excludes halogenated alkanes) is 1. The molecule has 34 heavy (non-hydrogen) atoms. The lowest BCUT2D eigenvalue weighted by atomic mass is 9.82. The molecule has 3 rings (SSSR count). The molecule has 0 heterocycles. The predicted molar refractivity (Wildman–Crippen MR) is 137 cm³/mol. The van der Waals surface area contributed by atoms with Gasteiger partial charge in [-0.1, -0.05) is 94.3 Å². The molecule has 0 bridgehead atoms. The van der Waals surface area contributed by atoms with Gasteiger partial charge in [-0.15, -0.1) is 0 Å². The molecule has 1 aliphatic carbocycles. The second-order valence-corrected chi connectivity index (χ2v) is 10.1. The van der Waals surface area contributed by atoms with Gasteiger partial charge in [0.25, 0.3) is 0 Å². The molecule has 188 valence electrons. The fourth-order valence-corrected chi connectivity index (χ4v) is 4.63. The fraction of sp³-hybridized carbons (Fsp3) is 0.586. The average molecular weight is 470 g/mol. The van der Waals surface area contributed by atoms with E-state index in [1.165, 1.54) is 0 Å². The molecular formula is C29H43NO4. The number of aliphatic hydroxyl groups excluding tert-OH is 1. The molecule has 5 atom stereocenters. The van der Waals surface area contributed by atoms with Gasteiger partial charge >= 0.3 is 0 Å². The van der Waals surface area contributed by atoms with Crippen molar-refractivity contribution in [1.82, 2.24) is 5.32 Å². The topological polar surface area (TPSA) is 60.0 Å². The normalized spacial score (nSPS) is 23.8. The summed E-state index contributed by atoms with van der Waals surface area (Å²) in [4.78, 5) is 0. The van der Waals surface area contributed by atoms with E-state index in [1.807, 2.05) is 43.4 Å². The summed E-state index contributed by atoms with van der Waals surface area (Å²) in [6.07, 6.45) is 3.05. The van der Waals surface area contributed by atoms with E-state index in [1.54, 1.807) is 0 Å². The number of hydrogen-bond donors (Lipinski definition) is 2. The quantitative estimate of drug-likeness (QED) is 0.403. The van der Waals surface area contributed by atoms with Gasteiger partial charge in [0.05, 0.1) is 44.2 Å². The van der Waals surface area contributed by atoms with Crippen LogP contribution in [-0.4, -0.2) is 49.2 Å². The van der Waals surface area contributed by atoms with Crippen LogP contribution in [0.25, 0.3) is 0 Å². The van der Waals surface area contributed by atoms with Crippen LogP contribution >= 0.6 is 0 Å². The molecular weight excluding hydrogens is 426 g/mol. The number of hydrogen-bond acceptors (Lipinski definition) is 5. The highest BCUT2D eigenvalue weighted by molar-refractivity contribution is 5.15. The Bertz CT molecular complexity index is 813. The Morgan fingerprint density at radius 2 is 1.47 bits per heavy atom. The van der Waals surface area contributed by atoms with Gasteiger partial charge in [0, 0.05) is 6.42 Å². The Kier molecular flexibility index (Phi) is 10.5. The van der Waals surface area contributed by atoms with Crippen molar-refractivity contribution in [2.75, 3.05) is 13.7 Å². The molecule has 1 aliphatic rings. The average Bonchev–Trinajstić information content (AvgIpc) is 3.21. The highest BCUT2D eigenvalue weighted by atomic mass is 16.6. The van der Waals surface area contributed by atoms with Crippen molar-refractivity contribution in [2.45, 2.75) is 90.1 Å². The molecule has 2 N–H and O–H groups in total. The number of benzene rings is 2. The van der Waals surface area contributed by atoms with E-state index in [2.05, 4.69) is 50.4 Å². The van der Waals surface area contributed by atoms with Crippen LogP contribution in [0.1, 0.15) is 57.6 Å². The minimum absolute atomic E-state index is 0.0181. The van der Waals surface area contributed by atoms with Crippen molar-refractivity contribution >= 4 is 0 Å². The second-order valence-electron chi connectivity index (χ2n) is 10.1. The number of aliphatic hydroxyl groups is 1. The molecule has 0 aliphatic heterocycles. The Morgan fingerprint density at radius 1 is 0.912 bits per heavy atom. The summed E-state index contributed by atoms with van der Waals surface area (Å²) in [5.74, 6) is 0. The van der Waals surface area contributed by atoms with Crippen LogP contribution in [0.15, 0.2) is 60.7 Å². The van der Waals surface area contributed by atoms with Gasteiger partial charge in [-0.3, -0.25) is 0 Å². The maximum atomic E-state index is 10.9. The van der Waals surface area contributed by atoms with Crippen LogP contribution in [0.5, 0.6) is 0 Å². The van der Waals surface area contributed by atoms with Gasteiger partial charge in [0.15, 0.2) is 0 Å². The first kappa shape index (κ1) is 26.8. The lowest BCUT2D eigenvalue weighted by Gasteiger charge is -2.33. The maximum Gasteiger partial charge on any atom is 0.102 e. The van der Waals surface area contributed by atoms with Gasteiger partial charge in [0.1, 0.15) is 6.10 Å². The Labute approximate surface area is 205 Å². The molecule has 5 heteroatoms. The standard InChI is InChI=1S/C29H43NO4/c1-5-6-17-29(2,3)26(31)21-34-28-25(33-20-23-15-11-8-12-16-23)18-24(27(28)30-4)32-19-22-13-9-7-10-14-22/h7-16,24-28,30-31H,5-6,17-21H2,1-4H3/t24-,25+,26?,27+,28+/m1/s1. The van der Waals surface area contributed by atoms with Crippen LogP contribution in [0.4, 0.5) is 0 Å². The molecule has 0 radical (unpaired) electrons. The van der Waals surface area contributed by atoms with Crippen molar-refractivity contribution < 1.29 is 19.3 Å². The highest BCUT2D eigenvalue weighted by Gasteiger charge is 2.45. The van der Waals surface area contributed by atoms with E-state index in [-0.39, 0.29) is 36.4 Å². The summed E-state index contributed by atoms with van der Waals surface area (Å²) in [6.45, 7) is 7.79. The summed E-state index contributed by atoms with van der Waals surface area (Å²) < 4.78 is 19.1. The third-order valence-electron chi connectivity index (χ3n) is 7.06. The maximum absolute atomic E-state index is 10.9. The van der Waals surface area contributed by atoms with E-state index >= 15 is 0 Å². The Hall–Kier alpha value is -1.76. The van der Waals surface area contributed by atoms with Gasteiger partial charge in [-0.05, 0) is 30.0 Å². The first-order valence-corrected chi connectivity index (χ1v) is 12.7. The Balaban J connectivity index is 1.66. The molecule has 1 fully saturated rings. The van der Waals surface area contributed by atoms with Crippen LogP contribution < -0.4 is 5.32 Å². The lowest BCUT2D eigenvalue weighted by molar-refractivity contribution is -0.109. The molecule has 1 saturated carbocycles. The third kappa shape index (κ3) is 7.62. The monoisotopic (exact) mass is 469 g/mol. The smallest absolute Gasteiger partial charge is 0.102 e. The zero-order valence-corrected chi connectivity index (χ0v) is 21.3. The number of ether oxygens (including phenoxy) is 3. The number of likely N-dealkylation sites (N-methyl/N-ethyl adjacent to an activating group) is 1. The highest BCUT2D eigenvalue weighted by Crippen LogP contribution is 2.32. The molecule has 5 nitrogen and oxygen atoms in total. The summed E-state index contributed by atoms with van der Waals surface area (Å²) in [5, 5.41) is 14.3. The molecule has 0 spiro atoms.